The molecule has 0 aliphatic rings. The van der Waals surface area contributed by atoms with Crippen LogP contribution in [0.25, 0.3) is 0 Å². The van der Waals surface area contributed by atoms with Gasteiger partial charge in [0.15, 0.2) is 0 Å². The monoisotopic (exact) mass is 406 g/mol. The van der Waals surface area contributed by atoms with Crippen LogP contribution in [0.4, 0.5) is 0 Å². The van der Waals surface area contributed by atoms with E-state index in [4.69, 9.17) is 21.1 Å². The SMILES string of the molecule is COc1ccc(OC)[c]([Pd]([CH2]Cl)([C](C)(C)C)[C](C)(C)C)c1. The first-order chi connectivity index (χ1) is 9.55. The number of hydrogen-bond acceptors (Lipinski definition) is 2. The fraction of sp³-hybridized carbons (Fsp3) is 0.647. The molecule has 0 N–H and O–H groups in total. The summed E-state index contributed by atoms with van der Waals surface area (Å²) in [5.74, 6) is 1.79. The third-order valence-electron chi connectivity index (χ3n) is 3.37. The number of hydrogen-bond donors (Lipinski definition) is 0. The number of methoxy groups -OCH3 is 2. The molecule has 2 nitrogen and oxygen atoms in total. The summed E-state index contributed by atoms with van der Waals surface area (Å²) in [5.41, 5.74) is 0. The fourth-order valence-electron chi connectivity index (χ4n) is 2.49. The molecular weight excluding hydrogens is 378 g/mol. The molecule has 0 radical (unpaired) electrons. The van der Waals surface area contributed by atoms with E-state index >= 15 is 0 Å². The minimum absolute atomic E-state index is 0.115. The molecule has 1 aromatic rings. The Morgan fingerprint density at radius 3 is 1.81 bits per heavy atom. The van der Waals surface area contributed by atoms with Gasteiger partial charge in [0.2, 0.25) is 0 Å². The number of benzene rings is 1. The molecule has 0 saturated heterocycles. The van der Waals surface area contributed by atoms with Gasteiger partial charge >= 0.3 is 138 Å². The van der Waals surface area contributed by atoms with Gasteiger partial charge in [-0.15, -0.1) is 0 Å². The standard InChI is InChI=1S/C8H9O2.2C4H9.CH2Cl.Pd/c1-9-7-3-5-8(10-2)6-4-7;2*1-4(2)3;1-2;/h3-5H,1-2H3;2*1-3H3;1H2;. The van der Waals surface area contributed by atoms with Gasteiger partial charge in [-0.3, -0.25) is 0 Å². The van der Waals surface area contributed by atoms with Gasteiger partial charge in [0.1, 0.15) is 0 Å². The van der Waals surface area contributed by atoms with Crippen LogP contribution < -0.4 is 13.5 Å². The summed E-state index contributed by atoms with van der Waals surface area (Å²) in [6.45, 7) is 13.8. The van der Waals surface area contributed by atoms with Crippen molar-refractivity contribution < 1.29 is 25.0 Å². The molecule has 0 spiro atoms. The summed E-state index contributed by atoms with van der Waals surface area (Å²) in [6, 6.07) is 6.08. The molecule has 0 saturated carbocycles. The number of alkyl halides is 1. The first-order valence-corrected chi connectivity index (χ1v) is 10.9. The maximum atomic E-state index is 6.62. The molecule has 0 atom stereocenters. The zero-order valence-corrected chi connectivity index (χ0v) is 16.8. The van der Waals surface area contributed by atoms with Crippen LogP contribution in [0.5, 0.6) is 11.5 Å². The van der Waals surface area contributed by atoms with Gasteiger partial charge in [-0.25, -0.2) is 0 Å². The Labute approximate surface area is 138 Å². The van der Waals surface area contributed by atoms with Crippen molar-refractivity contribution in [2.75, 3.05) is 18.6 Å². The molecule has 0 unspecified atom stereocenters. The van der Waals surface area contributed by atoms with Gasteiger partial charge in [-0.1, -0.05) is 0 Å². The van der Waals surface area contributed by atoms with Gasteiger partial charge in [0.25, 0.3) is 0 Å². The predicted octanol–water partition coefficient (Wildman–Crippen LogP) is 5.12. The molecule has 4 heteroatoms. The average molecular weight is 407 g/mol. The number of rotatable bonds is 4. The second-order valence-electron chi connectivity index (χ2n) is 6.57. The van der Waals surface area contributed by atoms with Gasteiger partial charge in [0, 0.05) is 0 Å². The molecule has 1 aromatic carbocycles. The Bertz CT molecular complexity index is 473. The van der Waals surface area contributed by atoms with Crippen LogP contribution in [0.3, 0.4) is 0 Å². The molecule has 0 aromatic heterocycles. The third-order valence-corrected chi connectivity index (χ3v) is 15.5. The van der Waals surface area contributed by atoms with Gasteiger partial charge in [-0.05, 0) is 0 Å². The predicted molar refractivity (Wildman–Crippen MR) is 89.3 cm³/mol. The summed E-state index contributed by atoms with van der Waals surface area (Å²) >= 11 is 4.37. The van der Waals surface area contributed by atoms with Crippen molar-refractivity contribution in [3.8, 4) is 11.5 Å². The molecule has 21 heavy (non-hydrogen) atoms. The zero-order chi connectivity index (χ0) is 16.5. The normalized spacial score (nSPS) is 14.0. The van der Waals surface area contributed by atoms with Crippen LogP contribution in [0.1, 0.15) is 41.5 Å². The molecule has 126 valence electrons. The molecule has 0 amide bonds. The molecule has 0 fully saturated rings. The molecular formula is C17H29ClO2Pd. The van der Waals surface area contributed by atoms with E-state index in [-0.39, 0.29) is 7.78 Å². The van der Waals surface area contributed by atoms with Crippen molar-refractivity contribution in [3.05, 3.63) is 18.2 Å². The number of halogens is 1. The third kappa shape index (κ3) is 3.26. The van der Waals surface area contributed by atoms with E-state index in [1.807, 2.05) is 12.1 Å². The minimum atomic E-state index is -2.25. The maximum absolute atomic E-state index is 6.62. The van der Waals surface area contributed by atoms with Crippen molar-refractivity contribution in [2.45, 2.75) is 49.3 Å². The average Bonchev–Trinajstić information content (AvgIpc) is 2.36. The van der Waals surface area contributed by atoms with E-state index in [1.54, 1.807) is 14.2 Å². The topological polar surface area (TPSA) is 18.5 Å². The van der Waals surface area contributed by atoms with Crippen LogP contribution in [0.2, 0.25) is 7.78 Å². The number of ether oxygens (including phenoxy) is 2. The summed E-state index contributed by atoms with van der Waals surface area (Å²) < 4.78 is 13.3. The van der Waals surface area contributed by atoms with E-state index < -0.39 is 15.5 Å². The Morgan fingerprint density at radius 1 is 0.952 bits per heavy atom. The fourth-order valence-corrected chi connectivity index (χ4v) is 15.1. The zero-order valence-electron chi connectivity index (χ0n) is 14.4. The second kappa shape index (κ2) is 6.49. The van der Waals surface area contributed by atoms with Crippen molar-refractivity contribution in [1.29, 1.82) is 0 Å². The molecule has 0 aliphatic carbocycles. The van der Waals surface area contributed by atoms with E-state index in [0.29, 0.717) is 4.35 Å². The van der Waals surface area contributed by atoms with E-state index in [9.17, 15) is 0 Å². The first-order valence-electron chi connectivity index (χ1n) is 6.93. The summed E-state index contributed by atoms with van der Waals surface area (Å²) in [5, 5.41) is 0. The Hall–Kier alpha value is -0.228. The Kier molecular flexibility index (Phi) is 5.81. The van der Waals surface area contributed by atoms with Crippen molar-refractivity contribution in [1.82, 2.24) is 0 Å². The summed E-state index contributed by atoms with van der Waals surface area (Å²) in [4.78, 5) is 0. The van der Waals surface area contributed by atoms with Crippen LogP contribution in [0.15, 0.2) is 18.2 Å². The Balaban J connectivity index is 3.76. The van der Waals surface area contributed by atoms with E-state index in [2.05, 4.69) is 47.6 Å². The van der Waals surface area contributed by atoms with Gasteiger partial charge < -0.3 is 0 Å². The van der Waals surface area contributed by atoms with Crippen LogP contribution in [-0.2, 0) is 15.5 Å². The van der Waals surface area contributed by atoms with E-state index in [0.717, 1.165) is 11.5 Å². The molecule has 0 heterocycles. The molecule has 1 rings (SSSR count). The first kappa shape index (κ1) is 18.8. The Morgan fingerprint density at radius 2 is 1.48 bits per heavy atom. The van der Waals surface area contributed by atoms with Gasteiger partial charge in [0.05, 0.1) is 0 Å². The van der Waals surface area contributed by atoms with Gasteiger partial charge in [-0.2, -0.15) is 0 Å². The van der Waals surface area contributed by atoms with Crippen LogP contribution >= 0.6 is 11.6 Å². The summed E-state index contributed by atoms with van der Waals surface area (Å²) in [7, 11) is 3.43. The van der Waals surface area contributed by atoms with Crippen molar-refractivity contribution in [3.63, 3.8) is 0 Å². The van der Waals surface area contributed by atoms with Crippen molar-refractivity contribution in [2.24, 2.45) is 0 Å². The van der Waals surface area contributed by atoms with E-state index in [1.165, 1.54) is 4.04 Å². The quantitative estimate of drug-likeness (QED) is 0.510. The van der Waals surface area contributed by atoms with Crippen LogP contribution in [0, 0.1) is 0 Å². The molecule has 0 bridgehead atoms. The van der Waals surface area contributed by atoms with Crippen LogP contribution in [-0.4, -0.2) is 18.6 Å². The second-order valence-corrected chi connectivity index (χ2v) is 16.3. The summed E-state index contributed by atoms with van der Waals surface area (Å²) in [6.07, 6.45) is 0. The molecule has 0 aliphatic heterocycles. The van der Waals surface area contributed by atoms with Crippen molar-refractivity contribution >= 4 is 15.6 Å².